The zero-order valence-electron chi connectivity index (χ0n) is 13.6. The van der Waals surface area contributed by atoms with Crippen molar-refractivity contribution >= 4 is 11.9 Å². The van der Waals surface area contributed by atoms with Crippen LogP contribution in [-0.2, 0) is 4.79 Å². The summed E-state index contributed by atoms with van der Waals surface area (Å²) < 4.78 is 1.81. The lowest BCUT2D eigenvalue weighted by atomic mass is 10.0. The number of piperidine rings is 1. The van der Waals surface area contributed by atoms with Crippen LogP contribution in [0.4, 0.5) is 0 Å². The highest BCUT2D eigenvalue weighted by Gasteiger charge is 2.26. The maximum atomic E-state index is 12.2. The van der Waals surface area contributed by atoms with E-state index >= 15 is 0 Å². The number of carboxylic acids is 1. The van der Waals surface area contributed by atoms with E-state index in [0.717, 1.165) is 32.4 Å². The second-order valence-electron chi connectivity index (χ2n) is 6.22. The summed E-state index contributed by atoms with van der Waals surface area (Å²) in [6.45, 7) is 7.44. The summed E-state index contributed by atoms with van der Waals surface area (Å²) in [7, 11) is 0. The fourth-order valence-electron chi connectivity index (χ4n) is 2.93. The summed E-state index contributed by atoms with van der Waals surface area (Å²) in [5, 5.41) is 13.3. The number of hydrogen-bond donors (Lipinski definition) is 1. The third-order valence-corrected chi connectivity index (χ3v) is 4.66. The molecule has 0 bridgehead atoms. The van der Waals surface area contributed by atoms with Crippen molar-refractivity contribution < 1.29 is 14.7 Å². The summed E-state index contributed by atoms with van der Waals surface area (Å²) in [6, 6.07) is 0.181. The van der Waals surface area contributed by atoms with E-state index in [9.17, 15) is 9.59 Å². The maximum absolute atomic E-state index is 12.2. The topological polar surface area (TPSA) is 75.4 Å². The molecule has 6 nitrogen and oxygen atoms in total. The van der Waals surface area contributed by atoms with Crippen LogP contribution in [0.25, 0.3) is 0 Å². The minimum atomic E-state index is -0.940. The Morgan fingerprint density at radius 1 is 1.41 bits per heavy atom. The number of rotatable bonds is 5. The van der Waals surface area contributed by atoms with Crippen molar-refractivity contribution in [1.82, 2.24) is 14.7 Å². The van der Waals surface area contributed by atoms with Crippen LogP contribution in [-0.4, -0.2) is 44.8 Å². The monoisotopic (exact) mass is 307 g/mol. The van der Waals surface area contributed by atoms with Crippen LogP contribution >= 0.6 is 0 Å². The molecule has 1 N–H and O–H groups in total. The van der Waals surface area contributed by atoms with Crippen LogP contribution < -0.4 is 0 Å². The molecule has 1 aliphatic rings. The molecule has 1 saturated heterocycles. The molecule has 122 valence electrons. The van der Waals surface area contributed by atoms with Gasteiger partial charge in [-0.1, -0.05) is 20.3 Å². The van der Waals surface area contributed by atoms with Crippen molar-refractivity contribution in [3.8, 4) is 0 Å². The molecule has 1 unspecified atom stereocenters. The van der Waals surface area contributed by atoms with Crippen molar-refractivity contribution in [2.45, 2.75) is 52.5 Å². The first-order valence-corrected chi connectivity index (χ1v) is 7.99. The van der Waals surface area contributed by atoms with Crippen molar-refractivity contribution in [2.24, 2.45) is 5.92 Å². The summed E-state index contributed by atoms with van der Waals surface area (Å²) in [4.78, 5) is 25.2. The van der Waals surface area contributed by atoms with E-state index in [1.165, 1.54) is 6.20 Å². The number of hydrogen-bond acceptors (Lipinski definition) is 3. The highest BCUT2D eigenvalue weighted by molar-refractivity contribution is 5.88. The smallest absolute Gasteiger partial charge is 0.339 e. The molecule has 0 saturated carbocycles. The third kappa shape index (κ3) is 3.48. The average Bonchev–Trinajstić information content (AvgIpc) is 2.89. The molecule has 1 aliphatic heterocycles. The molecule has 22 heavy (non-hydrogen) atoms. The Kier molecular flexibility index (Phi) is 5.21. The molecule has 0 aromatic carbocycles. The standard InChI is InChI=1S/C16H25N3O3/c1-4-11(2)9-15(20)18-7-5-13(6-8-18)19-12(3)14(10-17-19)16(21)22/h10-11,13H,4-9H2,1-3H3,(H,21,22). The molecular weight excluding hydrogens is 282 g/mol. The van der Waals surface area contributed by atoms with E-state index in [0.29, 0.717) is 18.0 Å². The van der Waals surface area contributed by atoms with E-state index in [1.54, 1.807) is 11.6 Å². The quantitative estimate of drug-likeness (QED) is 0.907. The van der Waals surface area contributed by atoms with Crippen molar-refractivity contribution in [2.75, 3.05) is 13.1 Å². The van der Waals surface area contributed by atoms with Crippen molar-refractivity contribution in [1.29, 1.82) is 0 Å². The van der Waals surface area contributed by atoms with Gasteiger partial charge in [0.05, 0.1) is 17.9 Å². The van der Waals surface area contributed by atoms with Crippen LogP contribution in [0.15, 0.2) is 6.20 Å². The number of aromatic nitrogens is 2. The highest BCUT2D eigenvalue weighted by atomic mass is 16.4. The predicted octanol–water partition coefficient (Wildman–Crippen LogP) is 2.49. The van der Waals surface area contributed by atoms with E-state index < -0.39 is 5.97 Å². The first-order valence-electron chi connectivity index (χ1n) is 7.99. The first kappa shape index (κ1) is 16.5. The number of carboxylic acid groups (broad SMARTS) is 1. The molecule has 1 aromatic rings. The van der Waals surface area contributed by atoms with Gasteiger partial charge in [-0.3, -0.25) is 9.48 Å². The number of aromatic carboxylic acids is 1. The van der Waals surface area contributed by atoms with Gasteiger partial charge < -0.3 is 10.0 Å². The zero-order valence-corrected chi connectivity index (χ0v) is 13.6. The molecule has 1 amide bonds. The van der Waals surface area contributed by atoms with Crippen LogP contribution in [0.1, 0.15) is 61.6 Å². The minimum absolute atomic E-state index is 0.181. The van der Waals surface area contributed by atoms with E-state index in [-0.39, 0.29) is 17.5 Å². The Bertz CT molecular complexity index is 545. The molecule has 6 heteroatoms. The minimum Gasteiger partial charge on any atom is -0.478 e. The average molecular weight is 307 g/mol. The van der Waals surface area contributed by atoms with Crippen LogP contribution in [0, 0.1) is 12.8 Å². The molecular formula is C16H25N3O3. The number of likely N-dealkylation sites (tertiary alicyclic amines) is 1. The third-order valence-electron chi connectivity index (χ3n) is 4.66. The highest BCUT2D eigenvalue weighted by Crippen LogP contribution is 2.25. The van der Waals surface area contributed by atoms with Gasteiger partial charge in [0, 0.05) is 19.5 Å². The molecule has 0 spiro atoms. The second-order valence-corrected chi connectivity index (χ2v) is 6.22. The van der Waals surface area contributed by atoms with E-state index in [1.807, 2.05) is 4.90 Å². The maximum Gasteiger partial charge on any atom is 0.339 e. The predicted molar refractivity (Wildman–Crippen MR) is 82.8 cm³/mol. The molecule has 1 atom stereocenters. The molecule has 0 aliphatic carbocycles. The van der Waals surface area contributed by atoms with Gasteiger partial charge in [0.1, 0.15) is 5.56 Å². The lowest BCUT2D eigenvalue weighted by molar-refractivity contribution is -0.133. The van der Waals surface area contributed by atoms with Gasteiger partial charge in [0.2, 0.25) is 5.91 Å². The number of nitrogens with zero attached hydrogens (tertiary/aromatic N) is 3. The summed E-state index contributed by atoms with van der Waals surface area (Å²) in [6.07, 6.45) is 4.71. The molecule has 1 aromatic heterocycles. The van der Waals surface area contributed by atoms with Gasteiger partial charge in [-0.05, 0) is 25.7 Å². The number of carbonyl (C=O) groups excluding carboxylic acids is 1. The SMILES string of the molecule is CCC(C)CC(=O)N1CCC(n2ncc(C(=O)O)c2C)CC1. The van der Waals surface area contributed by atoms with Gasteiger partial charge in [-0.15, -0.1) is 0 Å². The summed E-state index contributed by atoms with van der Waals surface area (Å²) in [5.41, 5.74) is 0.951. The van der Waals surface area contributed by atoms with Crippen molar-refractivity contribution in [3.05, 3.63) is 17.5 Å². The molecule has 2 heterocycles. The Labute approximate surface area is 131 Å². The normalized spacial score (nSPS) is 17.5. The second kappa shape index (κ2) is 6.94. The van der Waals surface area contributed by atoms with Crippen molar-refractivity contribution in [3.63, 3.8) is 0 Å². The Hall–Kier alpha value is -1.85. The van der Waals surface area contributed by atoms with Gasteiger partial charge in [-0.25, -0.2) is 4.79 Å². The Balaban J connectivity index is 1.95. The molecule has 2 rings (SSSR count). The number of amides is 1. The van der Waals surface area contributed by atoms with Gasteiger partial charge in [-0.2, -0.15) is 5.10 Å². The van der Waals surface area contributed by atoms with Crippen LogP contribution in [0.3, 0.4) is 0 Å². The molecule has 1 fully saturated rings. The van der Waals surface area contributed by atoms with E-state index in [4.69, 9.17) is 5.11 Å². The fourth-order valence-corrected chi connectivity index (χ4v) is 2.93. The van der Waals surface area contributed by atoms with Crippen LogP contribution in [0.5, 0.6) is 0 Å². The zero-order chi connectivity index (χ0) is 16.3. The Morgan fingerprint density at radius 2 is 2.05 bits per heavy atom. The lowest BCUT2D eigenvalue weighted by Crippen LogP contribution is -2.39. The lowest BCUT2D eigenvalue weighted by Gasteiger charge is -2.33. The van der Waals surface area contributed by atoms with Crippen LogP contribution in [0.2, 0.25) is 0 Å². The van der Waals surface area contributed by atoms with Gasteiger partial charge in [0.15, 0.2) is 0 Å². The molecule has 0 radical (unpaired) electrons. The first-order chi connectivity index (χ1) is 10.4. The summed E-state index contributed by atoms with van der Waals surface area (Å²) in [5.74, 6) is -0.280. The Morgan fingerprint density at radius 3 is 2.55 bits per heavy atom. The van der Waals surface area contributed by atoms with Gasteiger partial charge >= 0.3 is 5.97 Å². The van der Waals surface area contributed by atoms with Gasteiger partial charge in [0.25, 0.3) is 0 Å². The number of carbonyl (C=O) groups is 2. The fraction of sp³-hybridized carbons (Fsp3) is 0.688. The largest absolute Gasteiger partial charge is 0.478 e. The van der Waals surface area contributed by atoms with E-state index in [2.05, 4.69) is 18.9 Å². The summed E-state index contributed by atoms with van der Waals surface area (Å²) >= 11 is 0.